The molecule has 0 fully saturated rings. The SMILES string of the molecule is CNc1ccc(CC(C)=O)cc1.CNc1ccc2c(c1)CCC2. The van der Waals surface area contributed by atoms with E-state index < -0.39 is 0 Å². The van der Waals surface area contributed by atoms with Crippen LogP contribution in [0.5, 0.6) is 0 Å². The van der Waals surface area contributed by atoms with Crippen molar-refractivity contribution < 1.29 is 4.79 Å². The summed E-state index contributed by atoms with van der Waals surface area (Å²) in [4.78, 5) is 10.8. The first-order valence-corrected chi connectivity index (χ1v) is 8.18. The minimum Gasteiger partial charge on any atom is -0.388 e. The molecular formula is C20H26N2O. The van der Waals surface area contributed by atoms with E-state index in [1.807, 2.05) is 38.4 Å². The summed E-state index contributed by atoms with van der Waals surface area (Å²) in [7, 11) is 3.84. The lowest BCUT2D eigenvalue weighted by atomic mass is 10.1. The number of Topliss-reactive ketones (excluding diaryl/α,β-unsaturated/α-hetero) is 1. The number of anilines is 2. The minimum absolute atomic E-state index is 0.201. The van der Waals surface area contributed by atoms with E-state index in [0.29, 0.717) is 6.42 Å². The first-order valence-electron chi connectivity index (χ1n) is 8.18. The lowest BCUT2D eigenvalue weighted by molar-refractivity contribution is -0.116. The molecular weight excluding hydrogens is 284 g/mol. The Morgan fingerprint density at radius 2 is 1.52 bits per heavy atom. The van der Waals surface area contributed by atoms with Crippen molar-refractivity contribution >= 4 is 17.2 Å². The number of benzene rings is 2. The van der Waals surface area contributed by atoms with E-state index in [1.165, 1.54) is 30.5 Å². The molecule has 0 unspecified atom stereocenters. The normalized spacial score (nSPS) is 12.0. The summed E-state index contributed by atoms with van der Waals surface area (Å²) in [5, 5.41) is 6.18. The molecule has 2 aromatic carbocycles. The number of rotatable bonds is 4. The number of carbonyl (C=O) groups excluding carboxylic acids is 1. The Balaban J connectivity index is 0.000000167. The number of hydrogen-bond acceptors (Lipinski definition) is 3. The molecule has 0 heterocycles. The fourth-order valence-corrected chi connectivity index (χ4v) is 2.80. The van der Waals surface area contributed by atoms with Gasteiger partial charge < -0.3 is 10.6 Å². The van der Waals surface area contributed by atoms with Crippen LogP contribution < -0.4 is 10.6 Å². The Kier molecular flexibility index (Phi) is 6.21. The zero-order valence-electron chi connectivity index (χ0n) is 14.3. The number of carbonyl (C=O) groups is 1. The smallest absolute Gasteiger partial charge is 0.134 e. The van der Waals surface area contributed by atoms with Gasteiger partial charge in [0.15, 0.2) is 0 Å². The third kappa shape index (κ3) is 5.13. The minimum atomic E-state index is 0.201. The topological polar surface area (TPSA) is 41.1 Å². The van der Waals surface area contributed by atoms with Gasteiger partial charge in [0.05, 0.1) is 0 Å². The maximum Gasteiger partial charge on any atom is 0.134 e. The highest BCUT2D eigenvalue weighted by molar-refractivity contribution is 5.78. The van der Waals surface area contributed by atoms with E-state index in [2.05, 4.69) is 28.8 Å². The van der Waals surface area contributed by atoms with E-state index in [9.17, 15) is 4.79 Å². The molecule has 2 N–H and O–H groups in total. The average molecular weight is 310 g/mol. The summed E-state index contributed by atoms with van der Waals surface area (Å²) in [6.45, 7) is 1.60. The predicted molar refractivity (Wildman–Crippen MR) is 98.4 cm³/mol. The average Bonchev–Trinajstić information content (AvgIpc) is 3.03. The molecule has 1 aliphatic carbocycles. The van der Waals surface area contributed by atoms with Gasteiger partial charge in [0.25, 0.3) is 0 Å². The van der Waals surface area contributed by atoms with E-state index in [0.717, 1.165) is 11.3 Å². The summed E-state index contributed by atoms with van der Waals surface area (Å²) in [5.74, 6) is 0.201. The molecule has 0 aliphatic heterocycles. The Bertz CT molecular complexity index is 647. The lowest BCUT2D eigenvalue weighted by Gasteiger charge is -2.02. The summed E-state index contributed by atoms with van der Waals surface area (Å²) < 4.78 is 0. The van der Waals surface area contributed by atoms with E-state index in [1.54, 1.807) is 12.5 Å². The highest BCUT2D eigenvalue weighted by Gasteiger charge is 2.09. The van der Waals surface area contributed by atoms with Crippen LogP contribution in [0.15, 0.2) is 42.5 Å². The molecule has 0 amide bonds. The molecule has 0 spiro atoms. The van der Waals surface area contributed by atoms with Crippen molar-refractivity contribution in [3.8, 4) is 0 Å². The van der Waals surface area contributed by atoms with Crippen LogP contribution in [-0.2, 0) is 24.1 Å². The Labute approximate surface area is 139 Å². The van der Waals surface area contributed by atoms with Crippen LogP contribution in [0.25, 0.3) is 0 Å². The van der Waals surface area contributed by atoms with Crippen molar-refractivity contribution in [3.63, 3.8) is 0 Å². The predicted octanol–water partition coefficient (Wildman–Crippen LogP) is 4.08. The second-order valence-corrected chi connectivity index (χ2v) is 5.91. The number of nitrogens with one attached hydrogen (secondary N) is 2. The molecule has 3 heteroatoms. The van der Waals surface area contributed by atoms with Crippen molar-refractivity contribution in [2.75, 3.05) is 24.7 Å². The lowest BCUT2D eigenvalue weighted by Crippen LogP contribution is -1.96. The van der Waals surface area contributed by atoms with Crippen molar-refractivity contribution in [3.05, 3.63) is 59.2 Å². The molecule has 122 valence electrons. The second-order valence-electron chi connectivity index (χ2n) is 5.91. The Morgan fingerprint density at radius 3 is 2.13 bits per heavy atom. The fourth-order valence-electron chi connectivity index (χ4n) is 2.80. The van der Waals surface area contributed by atoms with Crippen molar-refractivity contribution in [1.29, 1.82) is 0 Å². The highest BCUT2D eigenvalue weighted by Crippen LogP contribution is 2.24. The second kappa shape index (κ2) is 8.37. The molecule has 0 saturated carbocycles. The fraction of sp³-hybridized carbons (Fsp3) is 0.350. The summed E-state index contributed by atoms with van der Waals surface area (Å²) in [6.07, 6.45) is 4.41. The summed E-state index contributed by atoms with van der Waals surface area (Å²) >= 11 is 0. The molecule has 2 aromatic rings. The van der Waals surface area contributed by atoms with Gasteiger partial charge in [-0.15, -0.1) is 0 Å². The number of aryl methyl sites for hydroxylation is 2. The van der Waals surface area contributed by atoms with E-state index in [4.69, 9.17) is 0 Å². The van der Waals surface area contributed by atoms with Crippen molar-refractivity contribution in [2.45, 2.75) is 32.6 Å². The maximum absolute atomic E-state index is 10.8. The van der Waals surface area contributed by atoms with E-state index in [-0.39, 0.29) is 5.78 Å². The van der Waals surface area contributed by atoms with Gasteiger partial charge in [-0.05, 0) is 67.1 Å². The van der Waals surface area contributed by atoms with Gasteiger partial charge in [0.2, 0.25) is 0 Å². The summed E-state index contributed by atoms with van der Waals surface area (Å²) in [6, 6.07) is 14.5. The van der Waals surface area contributed by atoms with Gasteiger partial charge in [0, 0.05) is 31.9 Å². The molecule has 23 heavy (non-hydrogen) atoms. The molecule has 3 nitrogen and oxygen atoms in total. The van der Waals surface area contributed by atoms with Gasteiger partial charge in [-0.3, -0.25) is 4.79 Å². The highest BCUT2D eigenvalue weighted by atomic mass is 16.1. The quantitative estimate of drug-likeness (QED) is 0.894. The van der Waals surface area contributed by atoms with Crippen molar-refractivity contribution in [2.24, 2.45) is 0 Å². The van der Waals surface area contributed by atoms with Crippen LogP contribution in [0, 0.1) is 0 Å². The van der Waals surface area contributed by atoms with E-state index >= 15 is 0 Å². The zero-order valence-corrected chi connectivity index (χ0v) is 14.3. The van der Waals surface area contributed by atoms with Crippen LogP contribution >= 0.6 is 0 Å². The number of ketones is 1. The molecule has 0 aromatic heterocycles. The van der Waals surface area contributed by atoms with Crippen LogP contribution in [-0.4, -0.2) is 19.9 Å². The van der Waals surface area contributed by atoms with Gasteiger partial charge >= 0.3 is 0 Å². The zero-order chi connectivity index (χ0) is 16.7. The molecule has 0 radical (unpaired) electrons. The monoisotopic (exact) mass is 310 g/mol. The molecule has 0 saturated heterocycles. The van der Waals surface area contributed by atoms with Crippen molar-refractivity contribution in [1.82, 2.24) is 0 Å². The Hall–Kier alpha value is -2.29. The molecule has 0 atom stereocenters. The molecule has 1 aliphatic rings. The number of hydrogen-bond donors (Lipinski definition) is 2. The first kappa shape index (κ1) is 17.1. The number of fused-ring (bicyclic) bond motifs is 1. The molecule has 0 bridgehead atoms. The largest absolute Gasteiger partial charge is 0.388 e. The summed E-state index contributed by atoms with van der Waals surface area (Å²) in [5.41, 5.74) is 6.47. The van der Waals surface area contributed by atoms with Gasteiger partial charge in [-0.1, -0.05) is 18.2 Å². The van der Waals surface area contributed by atoms with Gasteiger partial charge in [-0.25, -0.2) is 0 Å². The van der Waals surface area contributed by atoms with Crippen LogP contribution in [0.1, 0.15) is 30.0 Å². The van der Waals surface area contributed by atoms with Gasteiger partial charge in [-0.2, -0.15) is 0 Å². The van der Waals surface area contributed by atoms with Gasteiger partial charge in [0.1, 0.15) is 5.78 Å². The maximum atomic E-state index is 10.8. The standard InChI is InChI=1S/C10H13NO.C10H13N/c1-8(12)7-9-3-5-10(11-2)6-4-9;1-11-10-6-5-8-3-2-4-9(8)7-10/h3-6,11H,7H2,1-2H3;5-7,11H,2-4H2,1H3. The molecule has 3 rings (SSSR count). The first-order chi connectivity index (χ1) is 11.1. The third-order valence-electron chi connectivity index (χ3n) is 4.08. The Morgan fingerprint density at radius 1 is 0.913 bits per heavy atom. The van der Waals surface area contributed by atoms with Crippen LogP contribution in [0.2, 0.25) is 0 Å². The third-order valence-corrected chi connectivity index (χ3v) is 4.08. The van der Waals surface area contributed by atoms with Crippen LogP contribution in [0.3, 0.4) is 0 Å². The van der Waals surface area contributed by atoms with Crippen LogP contribution in [0.4, 0.5) is 11.4 Å².